The summed E-state index contributed by atoms with van der Waals surface area (Å²) in [5.41, 5.74) is 1.41. The van der Waals surface area contributed by atoms with Crippen LogP contribution in [0.25, 0.3) is 10.9 Å². The van der Waals surface area contributed by atoms with Crippen LogP contribution in [-0.2, 0) is 16.1 Å². The van der Waals surface area contributed by atoms with Gasteiger partial charge in [-0.2, -0.15) is 0 Å². The molecule has 0 saturated carbocycles. The van der Waals surface area contributed by atoms with Gasteiger partial charge >= 0.3 is 5.97 Å². The van der Waals surface area contributed by atoms with E-state index in [1.54, 1.807) is 26.0 Å². The quantitative estimate of drug-likeness (QED) is 0.461. The van der Waals surface area contributed by atoms with Crippen LogP contribution in [0.5, 0.6) is 0 Å². The molecule has 0 aliphatic heterocycles. The van der Waals surface area contributed by atoms with Crippen molar-refractivity contribution >= 4 is 44.9 Å². The lowest BCUT2D eigenvalue weighted by Gasteiger charge is -2.17. The van der Waals surface area contributed by atoms with E-state index in [0.29, 0.717) is 34.6 Å². The summed E-state index contributed by atoms with van der Waals surface area (Å²) in [5.74, 6) is -0.677. The van der Waals surface area contributed by atoms with Gasteiger partial charge in [-0.1, -0.05) is 26.8 Å². The molecule has 0 radical (unpaired) electrons. The van der Waals surface area contributed by atoms with E-state index in [-0.39, 0.29) is 11.3 Å². The number of H-pyrrole nitrogens is 1. The number of aryl methyl sites for hydroxylation is 1. The molecule has 0 atom stereocenters. The number of nitrogens with one attached hydrogen (secondary N) is 2. The van der Waals surface area contributed by atoms with Crippen molar-refractivity contribution in [3.05, 3.63) is 57.0 Å². The van der Waals surface area contributed by atoms with Gasteiger partial charge in [0.05, 0.1) is 20.8 Å². The van der Waals surface area contributed by atoms with Gasteiger partial charge in [-0.3, -0.25) is 14.4 Å². The number of aromatic amines is 1. The van der Waals surface area contributed by atoms with Gasteiger partial charge in [0.25, 0.3) is 11.5 Å². The van der Waals surface area contributed by atoms with E-state index in [0.717, 1.165) is 10.6 Å². The Morgan fingerprint density at radius 2 is 1.82 bits per heavy atom. The summed E-state index contributed by atoms with van der Waals surface area (Å²) in [6, 6.07) is 9.01. The summed E-state index contributed by atoms with van der Waals surface area (Å²) in [6.07, 6.45) is 0.667. The third-order valence-electron chi connectivity index (χ3n) is 4.40. The van der Waals surface area contributed by atoms with Gasteiger partial charge in [-0.25, -0.2) is 4.98 Å². The molecule has 3 N–H and O–H groups in total. The second kappa shape index (κ2) is 13.9. The third kappa shape index (κ3) is 8.78. The summed E-state index contributed by atoms with van der Waals surface area (Å²) in [5, 5.41) is 12.4. The minimum atomic E-state index is -1.09. The molecule has 2 heterocycles. The van der Waals surface area contributed by atoms with E-state index in [1.165, 1.54) is 11.3 Å². The third-order valence-corrected chi connectivity index (χ3v) is 5.60. The van der Waals surface area contributed by atoms with E-state index in [4.69, 9.17) is 5.11 Å². The Kier molecular flexibility index (Phi) is 11.6. The molecule has 34 heavy (non-hydrogen) atoms. The zero-order chi connectivity index (χ0) is 25.8. The van der Waals surface area contributed by atoms with E-state index >= 15 is 0 Å². The smallest absolute Gasteiger partial charge is 0.322 e. The summed E-state index contributed by atoms with van der Waals surface area (Å²) < 4.78 is 0. The highest BCUT2D eigenvalue weighted by Crippen LogP contribution is 2.26. The maximum atomic E-state index is 12.1. The number of aromatic nitrogens is 2. The molecule has 0 aliphatic carbocycles. The van der Waals surface area contributed by atoms with Crippen LogP contribution < -0.4 is 15.8 Å². The number of amides is 1. The maximum absolute atomic E-state index is 12.1. The van der Waals surface area contributed by atoms with Crippen LogP contribution in [0.1, 0.15) is 55.2 Å². The average molecular weight is 489 g/mol. The molecule has 0 bridgehead atoms. The van der Waals surface area contributed by atoms with Crippen LogP contribution in [-0.4, -0.2) is 46.3 Å². The summed E-state index contributed by atoms with van der Waals surface area (Å²) >= 11 is 1.27. The van der Waals surface area contributed by atoms with Gasteiger partial charge in [-0.05, 0) is 43.7 Å². The number of aliphatic carboxylic acids is 1. The SMILES string of the molecule is CC.CCC(C)=O.Cc1nc2ccc(CN(C)c3ccc(C(=O)NCC(=O)O)s3)cc2c(=O)[nH]1. The number of rotatable bonds is 7. The van der Waals surface area contributed by atoms with Crippen LogP contribution >= 0.6 is 11.3 Å². The Labute approximate surface area is 202 Å². The van der Waals surface area contributed by atoms with Gasteiger partial charge in [0.1, 0.15) is 18.2 Å². The maximum Gasteiger partial charge on any atom is 0.322 e. The second-order valence-corrected chi connectivity index (χ2v) is 8.19. The molecule has 0 aliphatic rings. The van der Waals surface area contributed by atoms with Gasteiger partial charge in [0.2, 0.25) is 0 Å². The van der Waals surface area contributed by atoms with Crippen molar-refractivity contribution in [1.82, 2.24) is 15.3 Å². The van der Waals surface area contributed by atoms with Crippen molar-refractivity contribution in [3.63, 3.8) is 0 Å². The lowest BCUT2D eigenvalue weighted by molar-refractivity contribution is -0.135. The molecule has 0 unspecified atom stereocenters. The molecule has 184 valence electrons. The highest BCUT2D eigenvalue weighted by Gasteiger charge is 2.13. The first kappa shape index (κ1) is 28.5. The molecule has 2 aromatic heterocycles. The van der Waals surface area contributed by atoms with Crippen molar-refractivity contribution in [1.29, 1.82) is 0 Å². The molecule has 10 heteroatoms. The molecule has 3 rings (SSSR count). The molecular weight excluding hydrogens is 456 g/mol. The zero-order valence-electron chi connectivity index (χ0n) is 20.4. The number of carboxylic acid groups (broad SMARTS) is 1. The number of fused-ring (bicyclic) bond motifs is 1. The van der Waals surface area contributed by atoms with Crippen LogP contribution in [0.15, 0.2) is 35.1 Å². The minimum absolute atomic E-state index is 0.171. The van der Waals surface area contributed by atoms with Gasteiger partial charge < -0.3 is 25.1 Å². The summed E-state index contributed by atoms with van der Waals surface area (Å²) in [6.45, 7) is 9.30. The number of benzene rings is 1. The van der Waals surface area contributed by atoms with Crippen LogP contribution in [0.3, 0.4) is 0 Å². The second-order valence-electron chi connectivity index (χ2n) is 7.13. The first-order valence-electron chi connectivity index (χ1n) is 10.9. The van der Waals surface area contributed by atoms with Crippen molar-refractivity contribution < 1.29 is 19.5 Å². The number of ketones is 1. The van der Waals surface area contributed by atoms with Gasteiger partial charge in [0, 0.05) is 20.0 Å². The van der Waals surface area contributed by atoms with Crippen LogP contribution in [0.2, 0.25) is 0 Å². The predicted molar refractivity (Wildman–Crippen MR) is 136 cm³/mol. The first-order valence-corrected chi connectivity index (χ1v) is 11.7. The largest absolute Gasteiger partial charge is 0.480 e. The fraction of sp³-hybridized carbons (Fsp3) is 0.375. The van der Waals surface area contributed by atoms with Crippen molar-refractivity contribution in [2.45, 2.75) is 47.6 Å². The molecule has 0 saturated heterocycles. The van der Waals surface area contributed by atoms with E-state index in [1.807, 2.05) is 50.9 Å². The Bertz CT molecular complexity index is 1190. The molecule has 3 aromatic rings. The van der Waals surface area contributed by atoms with Crippen LogP contribution in [0, 0.1) is 6.92 Å². The Hall–Kier alpha value is -3.53. The number of thiophene rings is 1. The first-order chi connectivity index (χ1) is 16.1. The van der Waals surface area contributed by atoms with E-state index < -0.39 is 18.4 Å². The number of hydrogen-bond acceptors (Lipinski definition) is 7. The van der Waals surface area contributed by atoms with Crippen LogP contribution in [0.4, 0.5) is 5.00 Å². The fourth-order valence-corrected chi connectivity index (χ4v) is 3.53. The number of hydrogen-bond donors (Lipinski definition) is 3. The lowest BCUT2D eigenvalue weighted by atomic mass is 10.1. The number of anilines is 1. The highest BCUT2D eigenvalue weighted by molar-refractivity contribution is 7.17. The van der Waals surface area contributed by atoms with E-state index in [9.17, 15) is 19.2 Å². The molecule has 0 fully saturated rings. The Balaban J connectivity index is 0.000000733. The summed E-state index contributed by atoms with van der Waals surface area (Å²) in [7, 11) is 1.88. The normalized spacial score (nSPS) is 9.82. The molecule has 9 nitrogen and oxygen atoms in total. The monoisotopic (exact) mass is 488 g/mol. The Morgan fingerprint density at radius 3 is 2.41 bits per heavy atom. The lowest BCUT2D eigenvalue weighted by Crippen LogP contribution is -2.28. The van der Waals surface area contributed by atoms with E-state index in [2.05, 4.69) is 15.3 Å². The number of carboxylic acids is 1. The average Bonchev–Trinajstić information content (AvgIpc) is 3.30. The number of Topliss-reactive ketones (excluding diaryl/α,β-unsaturated/α-hetero) is 1. The molecule has 1 aromatic carbocycles. The fourth-order valence-electron chi connectivity index (χ4n) is 2.65. The number of nitrogens with zero attached hydrogens (tertiary/aromatic N) is 2. The molecule has 1 amide bonds. The van der Waals surface area contributed by atoms with Crippen molar-refractivity contribution in [3.8, 4) is 0 Å². The van der Waals surface area contributed by atoms with Crippen molar-refractivity contribution in [2.75, 3.05) is 18.5 Å². The zero-order valence-corrected chi connectivity index (χ0v) is 21.2. The standard InChI is InChI=1S/C18H18N4O4S.C4H8O.C2H6/c1-10-20-13-4-3-11(7-12(13)17(25)21-10)9-22(2)15-6-5-14(27-15)18(26)19-8-16(23)24;1-3-4(2)5;1-2/h3-7H,8-9H2,1-2H3,(H,19,26)(H,23,24)(H,20,21,25);3H2,1-2H3;1-2H3. The topological polar surface area (TPSA) is 132 Å². The minimum Gasteiger partial charge on any atom is -0.480 e. The summed E-state index contributed by atoms with van der Waals surface area (Å²) in [4.78, 5) is 53.8. The molecular formula is C24H32N4O5S. The predicted octanol–water partition coefficient (Wildman–Crippen LogP) is 3.76. The van der Waals surface area contributed by atoms with Gasteiger partial charge in [0.15, 0.2) is 0 Å². The molecule has 0 spiro atoms. The Morgan fingerprint density at radius 1 is 1.18 bits per heavy atom. The number of carbonyl (C=O) groups is 3. The van der Waals surface area contributed by atoms with Crippen molar-refractivity contribution in [2.24, 2.45) is 0 Å². The van der Waals surface area contributed by atoms with Gasteiger partial charge in [-0.15, -0.1) is 11.3 Å². The number of carbonyl (C=O) groups excluding carboxylic acids is 2. The highest BCUT2D eigenvalue weighted by atomic mass is 32.1.